The monoisotopic (exact) mass is 444 g/mol. The molecule has 0 spiro atoms. The van der Waals surface area contributed by atoms with Crippen LogP contribution in [-0.4, -0.2) is 54.0 Å². The van der Waals surface area contributed by atoms with Crippen molar-refractivity contribution in [3.63, 3.8) is 0 Å². The second kappa shape index (κ2) is 10.4. The molecule has 0 bridgehead atoms. The molecule has 5 nitrogen and oxygen atoms in total. The van der Waals surface area contributed by atoms with E-state index in [1.807, 2.05) is 66.7 Å². The summed E-state index contributed by atoms with van der Waals surface area (Å²) in [6, 6.07) is 25.7. The molecule has 3 atom stereocenters. The van der Waals surface area contributed by atoms with Gasteiger partial charge in [-0.1, -0.05) is 54.6 Å². The van der Waals surface area contributed by atoms with E-state index in [9.17, 15) is 0 Å². The van der Waals surface area contributed by atoms with Crippen LogP contribution in [0.2, 0.25) is 0 Å². The van der Waals surface area contributed by atoms with Crippen molar-refractivity contribution >= 4 is 7.85 Å². The largest absolute Gasteiger partial charge is 0.497 e. The van der Waals surface area contributed by atoms with Gasteiger partial charge in [0.05, 0.1) is 26.9 Å². The lowest BCUT2D eigenvalue weighted by Crippen LogP contribution is -2.41. The Morgan fingerprint density at radius 1 is 0.788 bits per heavy atom. The first-order valence-electron chi connectivity index (χ1n) is 11.0. The van der Waals surface area contributed by atoms with E-state index in [0.717, 1.165) is 28.2 Å². The first-order valence-corrected chi connectivity index (χ1v) is 11.0. The van der Waals surface area contributed by atoms with E-state index in [2.05, 4.69) is 12.1 Å². The predicted molar refractivity (Wildman–Crippen MR) is 128 cm³/mol. The molecule has 4 rings (SSSR count). The fraction of sp³-hybridized carbons (Fsp3) is 0.333. The van der Waals surface area contributed by atoms with Gasteiger partial charge >= 0.3 is 0 Å². The summed E-state index contributed by atoms with van der Waals surface area (Å²) in [5.41, 5.74) is 2.02. The van der Waals surface area contributed by atoms with E-state index in [1.165, 1.54) is 0 Å². The zero-order valence-electron chi connectivity index (χ0n) is 19.3. The maximum absolute atomic E-state index is 7.07. The molecule has 0 saturated carbocycles. The van der Waals surface area contributed by atoms with Gasteiger partial charge in [0.15, 0.2) is 0 Å². The van der Waals surface area contributed by atoms with Crippen LogP contribution in [0.3, 0.4) is 0 Å². The quantitative estimate of drug-likeness (QED) is 0.364. The van der Waals surface area contributed by atoms with Gasteiger partial charge in [0, 0.05) is 13.1 Å². The molecule has 1 aliphatic heterocycles. The molecule has 3 unspecified atom stereocenters. The van der Waals surface area contributed by atoms with Crippen molar-refractivity contribution in [2.24, 2.45) is 0 Å². The van der Waals surface area contributed by atoms with Gasteiger partial charge in [0.1, 0.15) is 31.1 Å². The summed E-state index contributed by atoms with van der Waals surface area (Å²) in [5, 5.41) is 0. The fourth-order valence-corrected chi connectivity index (χ4v) is 4.44. The van der Waals surface area contributed by atoms with Gasteiger partial charge < -0.3 is 23.7 Å². The summed E-state index contributed by atoms with van der Waals surface area (Å²) >= 11 is 0. The molecular weight excluding hydrogens is 415 g/mol. The predicted octanol–water partition coefficient (Wildman–Crippen LogP) is 4.31. The molecule has 2 radical (unpaired) electrons. The van der Waals surface area contributed by atoms with Gasteiger partial charge in [-0.3, -0.25) is 0 Å². The van der Waals surface area contributed by atoms with Crippen LogP contribution in [0.4, 0.5) is 0 Å². The molecule has 1 fully saturated rings. The average Bonchev–Trinajstić information content (AvgIpc) is 3.21. The van der Waals surface area contributed by atoms with Crippen LogP contribution in [-0.2, 0) is 19.8 Å². The van der Waals surface area contributed by atoms with Crippen molar-refractivity contribution in [3.05, 3.63) is 95.6 Å². The highest BCUT2D eigenvalue weighted by atomic mass is 16.6. The van der Waals surface area contributed by atoms with Crippen LogP contribution in [0.25, 0.3) is 0 Å². The standard InChI is InChI=1S/C27H29BO5/c1-29-18-25-24(17-26(28)32-25)33-27(19-7-5-4-6-8-19,20-9-13-22(30-2)14-10-20)21-11-15-23(31-3)16-12-21/h4-16,24-26H,17-18H2,1-3H3. The molecule has 170 valence electrons. The van der Waals surface area contributed by atoms with E-state index < -0.39 is 11.6 Å². The van der Waals surface area contributed by atoms with Gasteiger partial charge in [-0.2, -0.15) is 0 Å². The van der Waals surface area contributed by atoms with E-state index >= 15 is 0 Å². The summed E-state index contributed by atoms with van der Waals surface area (Å²) in [7, 11) is 11.1. The molecule has 1 aliphatic rings. The Hall–Kier alpha value is -2.80. The van der Waals surface area contributed by atoms with Crippen molar-refractivity contribution in [1.82, 2.24) is 0 Å². The smallest absolute Gasteiger partial charge is 0.144 e. The second-order valence-corrected chi connectivity index (χ2v) is 8.06. The summed E-state index contributed by atoms with van der Waals surface area (Å²) < 4.78 is 29.2. The van der Waals surface area contributed by atoms with Gasteiger partial charge in [0.25, 0.3) is 0 Å². The number of hydrogen-bond acceptors (Lipinski definition) is 5. The Bertz CT molecular complexity index is 959. The second-order valence-electron chi connectivity index (χ2n) is 8.06. The van der Waals surface area contributed by atoms with Gasteiger partial charge in [-0.25, -0.2) is 0 Å². The highest BCUT2D eigenvalue weighted by Gasteiger charge is 2.44. The maximum Gasteiger partial charge on any atom is 0.144 e. The van der Waals surface area contributed by atoms with Crippen LogP contribution in [0.15, 0.2) is 78.9 Å². The third kappa shape index (κ3) is 4.79. The van der Waals surface area contributed by atoms with Crippen molar-refractivity contribution in [3.8, 4) is 11.5 Å². The van der Waals surface area contributed by atoms with Crippen LogP contribution < -0.4 is 9.47 Å². The third-order valence-corrected chi connectivity index (χ3v) is 6.06. The number of methoxy groups -OCH3 is 3. The Kier molecular flexibility index (Phi) is 7.38. The van der Waals surface area contributed by atoms with Crippen LogP contribution in [0, 0.1) is 0 Å². The highest BCUT2D eigenvalue weighted by Crippen LogP contribution is 2.44. The molecule has 33 heavy (non-hydrogen) atoms. The first kappa shape index (κ1) is 23.4. The summed E-state index contributed by atoms with van der Waals surface area (Å²) in [6.07, 6.45) is 0.0171. The fourth-order valence-electron chi connectivity index (χ4n) is 4.44. The van der Waals surface area contributed by atoms with E-state index in [4.69, 9.17) is 31.5 Å². The number of rotatable bonds is 9. The van der Waals surface area contributed by atoms with Crippen LogP contribution in [0.5, 0.6) is 11.5 Å². The van der Waals surface area contributed by atoms with E-state index in [0.29, 0.717) is 13.0 Å². The molecule has 0 aromatic heterocycles. The number of benzene rings is 3. The number of hydrogen-bond donors (Lipinski definition) is 0. The van der Waals surface area contributed by atoms with Crippen molar-refractivity contribution in [2.45, 2.75) is 30.2 Å². The Labute approximate surface area is 197 Å². The molecular formula is C27H29BO5. The van der Waals surface area contributed by atoms with Gasteiger partial charge in [-0.05, 0) is 47.4 Å². The summed E-state index contributed by atoms with van der Waals surface area (Å²) in [5.74, 6) is 1.55. The molecule has 0 N–H and O–H groups in total. The molecule has 0 aliphatic carbocycles. The van der Waals surface area contributed by atoms with Gasteiger partial charge in [0.2, 0.25) is 0 Å². The molecule has 3 aromatic carbocycles. The Morgan fingerprint density at radius 3 is 1.79 bits per heavy atom. The minimum absolute atomic E-state index is 0.274. The van der Waals surface area contributed by atoms with E-state index in [-0.39, 0.29) is 12.2 Å². The molecule has 1 saturated heterocycles. The average molecular weight is 444 g/mol. The Morgan fingerprint density at radius 2 is 1.30 bits per heavy atom. The highest BCUT2D eigenvalue weighted by molar-refractivity contribution is 6.11. The molecule has 0 amide bonds. The molecule has 1 heterocycles. The van der Waals surface area contributed by atoms with Crippen molar-refractivity contribution < 1.29 is 23.7 Å². The molecule has 6 heteroatoms. The minimum Gasteiger partial charge on any atom is -0.497 e. The Balaban J connectivity index is 1.90. The van der Waals surface area contributed by atoms with Crippen molar-refractivity contribution in [1.29, 1.82) is 0 Å². The topological polar surface area (TPSA) is 46.2 Å². The SMILES string of the molecule is [B]C1CC(OC(c2ccccc2)(c2ccc(OC)cc2)c2ccc(OC)cc2)C(COC)O1. The summed E-state index contributed by atoms with van der Waals surface area (Å²) in [6.45, 7) is 0.397. The summed E-state index contributed by atoms with van der Waals surface area (Å²) in [4.78, 5) is 0. The molecule has 3 aromatic rings. The van der Waals surface area contributed by atoms with Gasteiger partial charge in [-0.15, -0.1) is 0 Å². The zero-order valence-corrected chi connectivity index (χ0v) is 19.3. The lowest BCUT2D eigenvalue weighted by molar-refractivity contribution is -0.0954. The lowest BCUT2D eigenvalue weighted by Gasteiger charge is -2.39. The number of ether oxygens (including phenoxy) is 5. The maximum atomic E-state index is 7.07. The third-order valence-electron chi connectivity index (χ3n) is 6.06. The zero-order chi connectivity index (χ0) is 23.3. The lowest BCUT2D eigenvalue weighted by atomic mass is 9.79. The van der Waals surface area contributed by atoms with E-state index in [1.54, 1.807) is 21.3 Å². The van der Waals surface area contributed by atoms with Crippen LogP contribution >= 0.6 is 0 Å². The minimum atomic E-state index is -0.913. The normalized spacial score (nSPS) is 20.5. The first-order chi connectivity index (χ1) is 16.1. The van der Waals surface area contributed by atoms with Crippen LogP contribution in [0.1, 0.15) is 23.1 Å². The van der Waals surface area contributed by atoms with Crippen molar-refractivity contribution in [2.75, 3.05) is 27.9 Å².